The Morgan fingerprint density at radius 2 is 1.78 bits per heavy atom. The number of ether oxygens (including phenoxy) is 1. The Bertz CT molecular complexity index is 1480. The van der Waals surface area contributed by atoms with Gasteiger partial charge in [0.05, 0.1) is 5.52 Å². The van der Waals surface area contributed by atoms with E-state index in [-0.39, 0.29) is 24.2 Å². The van der Waals surface area contributed by atoms with Crippen LogP contribution < -0.4 is 11.5 Å². The average molecular weight is 486 g/mol. The van der Waals surface area contributed by atoms with Gasteiger partial charge in [0.25, 0.3) is 5.91 Å². The highest BCUT2D eigenvalue weighted by atomic mass is 19.1. The lowest BCUT2D eigenvalue weighted by molar-refractivity contribution is -0.146. The van der Waals surface area contributed by atoms with E-state index < -0.39 is 17.8 Å². The lowest BCUT2D eigenvalue weighted by Crippen LogP contribution is -2.28. The van der Waals surface area contributed by atoms with Gasteiger partial charge in [-0.3, -0.25) is 9.59 Å². The quantitative estimate of drug-likeness (QED) is 0.414. The molecule has 1 unspecified atom stereocenters. The maximum Gasteiger partial charge on any atom is 0.322 e. The Balaban J connectivity index is 1.54. The molecule has 0 saturated carbocycles. The highest BCUT2D eigenvalue weighted by molar-refractivity contribution is 6.06. The number of hydrogen-bond acceptors (Lipinski definition) is 7. The van der Waals surface area contributed by atoms with E-state index >= 15 is 0 Å². The molecule has 0 radical (unpaired) electrons. The number of aromatic nitrogens is 2. The number of halogens is 1. The van der Waals surface area contributed by atoms with E-state index in [1.807, 2.05) is 24.3 Å². The zero-order valence-corrected chi connectivity index (χ0v) is 19.6. The number of rotatable bonds is 5. The normalized spacial score (nSPS) is 13.5. The van der Waals surface area contributed by atoms with Gasteiger partial charge in [0.1, 0.15) is 24.2 Å². The number of hydrogen-bond donors (Lipinski definition) is 2. The summed E-state index contributed by atoms with van der Waals surface area (Å²) in [5, 5.41) is 0.491. The number of anilines is 1. The van der Waals surface area contributed by atoms with Crippen molar-refractivity contribution in [1.82, 2.24) is 14.9 Å². The van der Waals surface area contributed by atoms with Crippen LogP contribution in [-0.4, -0.2) is 32.8 Å². The first-order chi connectivity index (χ1) is 17.3. The number of fused-ring (bicyclic) bond motifs is 2. The van der Waals surface area contributed by atoms with Crippen molar-refractivity contribution in [2.45, 2.75) is 32.7 Å². The van der Waals surface area contributed by atoms with Crippen molar-refractivity contribution < 1.29 is 18.7 Å². The van der Waals surface area contributed by atoms with Crippen LogP contribution in [-0.2, 0) is 29.2 Å². The van der Waals surface area contributed by atoms with Gasteiger partial charge < -0.3 is 21.1 Å². The molecular weight excluding hydrogens is 461 g/mol. The van der Waals surface area contributed by atoms with E-state index in [4.69, 9.17) is 16.2 Å². The molecule has 4 N–H and O–H groups in total. The van der Waals surface area contributed by atoms with Gasteiger partial charge in [0.2, 0.25) is 5.95 Å². The maximum atomic E-state index is 14.2. The summed E-state index contributed by atoms with van der Waals surface area (Å²) in [5.74, 6) is -1.29. The molecule has 1 aliphatic heterocycles. The number of nitrogen functional groups attached to an aromatic ring is 1. The van der Waals surface area contributed by atoms with Gasteiger partial charge in [-0.1, -0.05) is 36.4 Å². The second kappa shape index (κ2) is 9.35. The van der Waals surface area contributed by atoms with Crippen LogP contribution in [0.5, 0.6) is 0 Å². The minimum atomic E-state index is -0.775. The van der Waals surface area contributed by atoms with Crippen molar-refractivity contribution in [2.75, 3.05) is 5.73 Å². The maximum absolute atomic E-state index is 14.2. The first-order valence-corrected chi connectivity index (χ1v) is 11.4. The smallest absolute Gasteiger partial charge is 0.322 e. The number of benzene rings is 3. The van der Waals surface area contributed by atoms with Crippen molar-refractivity contribution in [3.63, 3.8) is 0 Å². The third kappa shape index (κ3) is 4.48. The van der Waals surface area contributed by atoms with Gasteiger partial charge in [0.15, 0.2) is 0 Å². The highest BCUT2D eigenvalue weighted by Crippen LogP contribution is 2.31. The van der Waals surface area contributed by atoms with Crippen molar-refractivity contribution in [1.29, 1.82) is 0 Å². The van der Waals surface area contributed by atoms with Crippen LogP contribution in [0.25, 0.3) is 22.0 Å². The van der Waals surface area contributed by atoms with E-state index in [9.17, 15) is 14.0 Å². The summed E-state index contributed by atoms with van der Waals surface area (Å²) < 4.78 is 19.5. The Labute approximate surface area is 206 Å². The zero-order chi connectivity index (χ0) is 25.4. The molecule has 5 rings (SSSR count). The third-order valence-corrected chi connectivity index (χ3v) is 6.17. The summed E-state index contributed by atoms with van der Waals surface area (Å²) in [6, 6.07) is 16.5. The van der Waals surface area contributed by atoms with E-state index in [0.717, 1.165) is 11.1 Å². The molecule has 1 aromatic heterocycles. The van der Waals surface area contributed by atoms with E-state index in [2.05, 4.69) is 9.97 Å². The molecule has 2 heterocycles. The van der Waals surface area contributed by atoms with Crippen LogP contribution in [0, 0.1) is 5.82 Å². The molecule has 4 aromatic rings. The lowest BCUT2D eigenvalue weighted by atomic mass is 9.97. The van der Waals surface area contributed by atoms with Crippen LogP contribution in [0.1, 0.15) is 34.1 Å². The lowest BCUT2D eigenvalue weighted by Gasteiger charge is -2.17. The zero-order valence-electron chi connectivity index (χ0n) is 19.6. The first-order valence-electron chi connectivity index (χ1n) is 11.4. The second-order valence-electron chi connectivity index (χ2n) is 8.79. The fourth-order valence-electron chi connectivity index (χ4n) is 4.33. The van der Waals surface area contributed by atoms with Gasteiger partial charge in [0, 0.05) is 18.5 Å². The predicted octanol–water partition coefficient (Wildman–Crippen LogP) is 3.56. The molecule has 0 bridgehead atoms. The van der Waals surface area contributed by atoms with E-state index in [1.165, 1.54) is 19.1 Å². The van der Waals surface area contributed by atoms with Gasteiger partial charge in [-0.25, -0.2) is 14.4 Å². The molecule has 36 heavy (non-hydrogen) atoms. The second-order valence-corrected chi connectivity index (χ2v) is 8.79. The van der Waals surface area contributed by atoms with Crippen molar-refractivity contribution in [3.8, 4) is 11.1 Å². The minimum Gasteiger partial charge on any atom is -0.460 e. The summed E-state index contributed by atoms with van der Waals surface area (Å²) in [6.07, 6.45) is 0. The van der Waals surface area contributed by atoms with Crippen LogP contribution in [0.15, 0.2) is 60.7 Å². The Kier molecular flexibility index (Phi) is 6.07. The van der Waals surface area contributed by atoms with Crippen LogP contribution in [0.4, 0.5) is 10.3 Å². The van der Waals surface area contributed by atoms with Crippen LogP contribution in [0.3, 0.4) is 0 Å². The van der Waals surface area contributed by atoms with E-state index in [0.29, 0.717) is 40.7 Å². The molecule has 8 nitrogen and oxygen atoms in total. The highest BCUT2D eigenvalue weighted by Gasteiger charge is 2.27. The SMILES string of the molecule is CC(N)C(=O)OCc1ccc(F)cc1-c1ccc2nc(N)nc(C(=O)N3Cc4ccccc4C3)c2c1. The van der Waals surface area contributed by atoms with Crippen LogP contribution >= 0.6 is 0 Å². The first kappa shape index (κ1) is 23.4. The molecule has 1 atom stereocenters. The summed E-state index contributed by atoms with van der Waals surface area (Å²) in [4.78, 5) is 35.7. The van der Waals surface area contributed by atoms with Crippen LogP contribution in [0.2, 0.25) is 0 Å². The molecule has 9 heteroatoms. The van der Waals surface area contributed by atoms with Gasteiger partial charge >= 0.3 is 5.97 Å². The monoisotopic (exact) mass is 485 g/mol. The summed E-state index contributed by atoms with van der Waals surface area (Å²) in [5.41, 5.74) is 16.1. The Morgan fingerprint density at radius 1 is 1.06 bits per heavy atom. The number of nitrogens with zero attached hydrogens (tertiary/aromatic N) is 3. The molecule has 0 spiro atoms. The average Bonchev–Trinajstić information content (AvgIpc) is 3.31. The predicted molar refractivity (Wildman–Crippen MR) is 133 cm³/mol. The number of carbonyl (C=O) groups is 2. The van der Waals surface area contributed by atoms with Crippen molar-refractivity contribution >= 4 is 28.7 Å². The van der Waals surface area contributed by atoms with Gasteiger partial charge in [-0.05, 0) is 59.0 Å². The summed E-state index contributed by atoms with van der Waals surface area (Å²) in [6.45, 7) is 2.39. The molecule has 0 aliphatic carbocycles. The Hall–Kier alpha value is -4.37. The van der Waals surface area contributed by atoms with Gasteiger partial charge in [-0.15, -0.1) is 0 Å². The molecular formula is C27H24FN5O3. The van der Waals surface area contributed by atoms with E-state index in [1.54, 1.807) is 29.2 Å². The summed E-state index contributed by atoms with van der Waals surface area (Å²) >= 11 is 0. The van der Waals surface area contributed by atoms with Crippen molar-refractivity contribution in [2.24, 2.45) is 5.73 Å². The minimum absolute atomic E-state index is 0.00966. The fraction of sp³-hybridized carbons (Fsp3) is 0.185. The topological polar surface area (TPSA) is 124 Å². The number of nitrogens with two attached hydrogens (primary N) is 2. The number of esters is 1. The fourth-order valence-corrected chi connectivity index (χ4v) is 4.33. The number of carbonyl (C=O) groups excluding carboxylic acids is 2. The molecule has 182 valence electrons. The van der Waals surface area contributed by atoms with Gasteiger partial charge in [-0.2, -0.15) is 0 Å². The Morgan fingerprint density at radius 3 is 2.47 bits per heavy atom. The molecule has 1 aliphatic rings. The standard InChI is InChI=1S/C27H24FN5O3/c1-15(29)26(35)36-14-19-6-8-20(28)11-21(19)16-7-9-23-22(10-16)24(32-27(30)31-23)25(34)33-12-17-4-2-3-5-18(17)13-33/h2-11,15H,12-14,29H2,1H3,(H2,30,31,32). The molecule has 0 fully saturated rings. The number of amides is 1. The largest absolute Gasteiger partial charge is 0.460 e. The summed E-state index contributed by atoms with van der Waals surface area (Å²) in [7, 11) is 0. The third-order valence-electron chi connectivity index (χ3n) is 6.17. The van der Waals surface area contributed by atoms with Crippen molar-refractivity contribution in [3.05, 3.63) is 88.9 Å². The molecule has 0 saturated heterocycles. The molecule has 3 aromatic carbocycles. The molecule has 1 amide bonds.